The van der Waals surface area contributed by atoms with Crippen LogP contribution < -0.4 is 9.62 Å². The SMILES string of the molecule is COCCNC(=O)c1ccc(S(=O)(=O)N2c3ccccc3CC2C)cc1. The minimum atomic E-state index is -3.68. The van der Waals surface area contributed by atoms with Gasteiger partial charge < -0.3 is 10.1 Å². The standard InChI is InChI=1S/C19H22N2O4S/c1-14-13-16-5-3-4-6-18(16)21(14)26(23,24)17-9-7-15(8-10-17)19(22)20-11-12-25-2/h3-10,14H,11-13H2,1-2H3,(H,20,22). The number of carbonyl (C=O) groups is 1. The van der Waals surface area contributed by atoms with E-state index in [4.69, 9.17) is 4.74 Å². The van der Waals surface area contributed by atoms with Crippen LogP contribution in [0, 0.1) is 0 Å². The number of sulfonamides is 1. The highest BCUT2D eigenvalue weighted by Crippen LogP contribution is 2.36. The largest absolute Gasteiger partial charge is 0.383 e. The van der Waals surface area contributed by atoms with Gasteiger partial charge in [-0.05, 0) is 49.2 Å². The van der Waals surface area contributed by atoms with Gasteiger partial charge in [-0.3, -0.25) is 9.10 Å². The summed E-state index contributed by atoms with van der Waals surface area (Å²) in [5, 5.41) is 2.71. The van der Waals surface area contributed by atoms with E-state index in [9.17, 15) is 13.2 Å². The van der Waals surface area contributed by atoms with Gasteiger partial charge in [0.1, 0.15) is 0 Å². The van der Waals surface area contributed by atoms with Gasteiger partial charge >= 0.3 is 0 Å². The summed E-state index contributed by atoms with van der Waals surface area (Å²) in [6.07, 6.45) is 0.690. The molecule has 2 aromatic carbocycles. The third-order valence-electron chi connectivity index (χ3n) is 4.41. The van der Waals surface area contributed by atoms with Crippen molar-refractivity contribution in [1.29, 1.82) is 0 Å². The minimum absolute atomic E-state index is 0.144. The van der Waals surface area contributed by atoms with Gasteiger partial charge in [0.2, 0.25) is 0 Å². The van der Waals surface area contributed by atoms with Crippen LogP contribution >= 0.6 is 0 Å². The monoisotopic (exact) mass is 374 g/mol. The molecular weight excluding hydrogens is 352 g/mol. The number of anilines is 1. The summed E-state index contributed by atoms with van der Waals surface area (Å²) >= 11 is 0. The minimum Gasteiger partial charge on any atom is -0.383 e. The molecule has 2 aromatic rings. The highest BCUT2D eigenvalue weighted by Gasteiger charge is 2.35. The van der Waals surface area contributed by atoms with E-state index in [1.165, 1.54) is 28.6 Å². The van der Waals surface area contributed by atoms with Crippen LogP contribution in [0.25, 0.3) is 0 Å². The molecule has 138 valence electrons. The predicted molar refractivity (Wildman–Crippen MR) is 99.9 cm³/mol. The van der Waals surface area contributed by atoms with Crippen LogP contribution in [-0.4, -0.2) is 40.6 Å². The number of nitrogens with zero attached hydrogens (tertiary/aromatic N) is 1. The van der Waals surface area contributed by atoms with Gasteiger partial charge in [0, 0.05) is 25.3 Å². The van der Waals surface area contributed by atoms with Crippen LogP contribution in [0.4, 0.5) is 5.69 Å². The highest BCUT2D eigenvalue weighted by molar-refractivity contribution is 7.92. The van der Waals surface area contributed by atoms with Gasteiger partial charge in [0.25, 0.3) is 15.9 Å². The van der Waals surface area contributed by atoms with Crippen molar-refractivity contribution in [3.8, 4) is 0 Å². The van der Waals surface area contributed by atoms with Crippen molar-refractivity contribution >= 4 is 21.6 Å². The first-order valence-electron chi connectivity index (χ1n) is 8.44. The number of benzene rings is 2. The molecule has 0 spiro atoms. The Labute approximate surface area is 153 Å². The zero-order valence-electron chi connectivity index (χ0n) is 14.8. The van der Waals surface area contributed by atoms with E-state index < -0.39 is 10.0 Å². The van der Waals surface area contributed by atoms with Crippen LogP contribution in [0.1, 0.15) is 22.8 Å². The van der Waals surface area contributed by atoms with Gasteiger partial charge in [-0.1, -0.05) is 18.2 Å². The molecule has 0 radical (unpaired) electrons. The molecule has 1 N–H and O–H groups in total. The van der Waals surface area contributed by atoms with E-state index in [0.717, 1.165) is 11.3 Å². The molecule has 1 heterocycles. The molecule has 6 nitrogen and oxygen atoms in total. The average molecular weight is 374 g/mol. The molecule has 0 saturated heterocycles. The molecule has 1 unspecified atom stereocenters. The van der Waals surface area contributed by atoms with Crippen LogP contribution in [0.15, 0.2) is 53.4 Å². The summed E-state index contributed by atoms with van der Waals surface area (Å²) in [5.41, 5.74) is 2.16. The number of amides is 1. The van der Waals surface area contributed by atoms with Gasteiger partial charge in [-0.15, -0.1) is 0 Å². The number of fused-ring (bicyclic) bond motifs is 1. The first-order chi connectivity index (χ1) is 12.4. The van der Waals surface area contributed by atoms with Crippen LogP contribution in [0.2, 0.25) is 0 Å². The lowest BCUT2D eigenvalue weighted by Crippen LogP contribution is -2.35. The van der Waals surface area contributed by atoms with E-state index in [1.807, 2.05) is 31.2 Å². The van der Waals surface area contributed by atoms with Gasteiger partial charge in [0.15, 0.2) is 0 Å². The molecule has 26 heavy (non-hydrogen) atoms. The number of hydrogen-bond donors (Lipinski definition) is 1. The predicted octanol–water partition coefficient (Wildman–Crippen LogP) is 2.20. The second kappa shape index (κ2) is 7.47. The van der Waals surface area contributed by atoms with Crippen molar-refractivity contribution in [2.45, 2.75) is 24.3 Å². The first kappa shape index (κ1) is 18.4. The van der Waals surface area contributed by atoms with E-state index in [1.54, 1.807) is 7.11 Å². The second-order valence-corrected chi connectivity index (χ2v) is 8.07. The summed E-state index contributed by atoms with van der Waals surface area (Å²) < 4.78 is 32.6. The maximum atomic E-state index is 13.1. The maximum absolute atomic E-state index is 13.1. The number of carbonyl (C=O) groups excluding carboxylic acids is 1. The highest BCUT2D eigenvalue weighted by atomic mass is 32.2. The Hall–Kier alpha value is -2.38. The lowest BCUT2D eigenvalue weighted by atomic mass is 10.1. The first-order valence-corrected chi connectivity index (χ1v) is 9.88. The van der Waals surface area contributed by atoms with E-state index in [0.29, 0.717) is 25.1 Å². The Kier molecular flexibility index (Phi) is 5.29. The Bertz CT molecular complexity index is 894. The summed E-state index contributed by atoms with van der Waals surface area (Å²) in [6, 6.07) is 13.4. The van der Waals surface area contributed by atoms with Crippen molar-refractivity contribution in [3.63, 3.8) is 0 Å². The van der Waals surface area contributed by atoms with Crippen LogP contribution in [0.3, 0.4) is 0 Å². The Morgan fingerprint density at radius 3 is 2.58 bits per heavy atom. The summed E-state index contributed by atoms with van der Waals surface area (Å²) in [5.74, 6) is -0.258. The fraction of sp³-hybridized carbons (Fsp3) is 0.316. The number of ether oxygens (including phenoxy) is 1. The molecule has 1 atom stereocenters. The van der Waals surface area contributed by atoms with Gasteiger partial charge in [-0.2, -0.15) is 0 Å². The topological polar surface area (TPSA) is 75.7 Å². The normalized spacial score (nSPS) is 16.4. The Morgan fingerprint density at radius 1 is 1.19 bits per heavy atom. The second-order valence-electron chi connectivity index (χ2n) is 6.26. The molecule has 1 amide bonds. The Morgan fingerprint density at radius 2 is 1.88 bits per heavy atom. The van der Waals surface area contributed by atoms with Crippen molar-refractivity contribution in [2.75, 3.05) is 24.6 Å². The quantitative estimate of drug-likeness (QED) is 0.787. The third kappa shape index (κ3) is 3.45. The Balaban J connectivity index is 1.83. The molecule has 0 aromatic heterocycles. The zero-order chi connectivity index (χ0) is 18.7. The summed E-state index contributed by atoms with van der Waals surface area (Å²) in [6.45, 7) is 2.72. The molecule has 7 heteroatoms. The molecule has 3 rings (SSSR count). The van der Waals surface area contributed by atoms with Gasteiger partial charge in [0.05, 0.1) is 17.2 Å². The van der Waals surface area contributed by atoms with E-state index in [2.05, 4.69) is 5.32 Å². The van der Waals surface area contributed by atoms with Crippen LogP contribution in [0.5, 0.6) is 0 Å². The summed E-state index contributed by atoms with van der Waals surface area (Å²) in [4.78, 5) is 12.2. The molecule has 0 aliphatic carbocycles. The lowest BCUT2D eigenvalue weighted by Gasteiger charge is -2.24. The maximum Gasteiger partial charge on any atom is 0.264 e. The number of nitrogens with one attached hydrogen (secondary N) is 1. The molecule has 1 aliphatic heterocycles. The fourth-order valence-electron chi connectivity index (χ4n) is 3.16. The number of rotatable bonds is 6. The summed E-state index contributed by atoms with van der Waals surface area (Å²) in [7, 11) is -2.12. The molecule has 0 fully saturated rings. The molecular formula is C19H22N2O4S. The van der Waals surface area contributed by atoms with E-state index in [-0.39, 0.29) is 16.8 Å². The number of hydrogen-bond acceptors (Lipinski definition) is 4. The smallest absolute Gasteiger partial charge is 0.264 e. The number of methoxy groups -OCH3 is 1. The average Bonchev–Trinajstić information content (AvgIpc) is 2.98. The van der Waals surface area contributed by atoms with E-state index >= 15 is 0 Å². The third-order valence-corrected chi connectivity index (χ3v) is 6.35. The number of para-hydroxylation sites is 1. The van der Waals surface area contributed by atoms with Crippen LogP contribution in [-0.2, 0) is 21.2 Å². The van der Waals surface area contributed by atoms with Crippen molar-refractivity contribution in [1.82, 2.24) is 5.32 Å². The molecule has 0 saturated carbocycles. The van der Waals surface area contributed by atoms with Crippen molar-refractivity contribution in [2.24, 2.45) is 0 Å². The van der Waals surface area contributed by atoms with Crippen molar-refractivity contribution in [3.05, 3.63) is 59.7 Å². The molecule has 1 aliphatic rings. The fourth-order valence-corrected chi connectivity index (χ4v) is 4.86. The molecule has 0 bridgehead atoms. The van der Waals surface area contributed by atoms with Gasteiger partial charge in [-0.25, -0.2) is 8.42 Å². The lowest BCUT2D eigenvalue weighted by molar-refractivity contribution is 0.0937. The zero-order valence-corrected chi connectivity index (χ0v) is 15.6. The van der Waals surface area contributed by atoms with Crippen molar-refractivity contribution < 1.29 is 17.9 Å².